The zero-order valence-corrected chi connectivity index (χ0v) is 11.8. The van der Waals surface area contributed by atoms with Gasteiger partial charge in [-0.05, 0) is 45.5 Å². The van der Waals surface area contributed by atoms with Crippen LogP contribution in [0.2, 0.25) is 0 Å². The second-order valence-corrected chi connectivity index (χ2v) is 5.89. The quantitative estimate of drug-likeness (QED) is 0.852. The molecule has 1 aromatic heterocycles. The van der Waals surface area contributed by atoms with E-state index in [9.17, 15) is 0 Å². The predicted octanol–water partition coefficient (Wildman–Crippen LogP) is 0.869. The van der Waals surface area contributed by atoms with Gasteiger partial charge in [0.05, 0.1) is 5.69 Å². The molecule has 1 saturated carbocycles. The fraction of sp³-hybridized carbons (Fsp3) is 0.714. The van der Waals surface area contributed by atoms with E-state index < -0.39 is 0 Å². The van der Waals surface area contributed by atoms with Crippen LogP contribution in [0.25, 0.3) is 0 Å². The summed E-state index contributed by atoms with van der Waals surface area (Å²) < 4.78 is 0. The first-order valence-corrected chi connectivity index (χ1v) is 7.20. The Labute approximate surface area is 115 Å². The highest BCUT2D eigenvalue weighted by atomic mass is 15.3. The number of nitrogens with one attached hydrogen (secondary N) is 1. The SMILES string of the molecule is CN(C)C1CCN(c2ccc(CNC3CC3)nn2)C1. The van der Waals surface area contributed by atoms with Crippen LogP contribution in [0.5, 0.6) is 0 Å². The van der Waals surface area contributed by atoms with E-state index in [0.717, 1.165) is 37.2 Å². The van der Waals surface area contributed by atoms with Gasteiger partial charge in [-0.1, -0.05) is 0 Å². The van der Waals surface area contributed by atoms with Crippen LogP contribution in [-0.2, 0) is 6.54 Å². The molecule has 2 heterocycles. The molecular weight excluding hydrogens is 238 g/mol. The number of rotatable bonds is 5. The fourth-order valence-electron chi connectivity index (χ4n) is 2.52. The fourth-order valence-corrected chi connectivity index (χ4v) is 2.52. The van der Waals surface area contributed by atoms with Crippen molar-refractivity contribution in [2.45, 2.75) is 37.9 Å². The molecule has 1 atom stereocenters. The lowest BCUT2D eigenvalue weighted by Gasteiger charge is -2.20. The summed E-state index contributed by atoms with van der Waals surface area (Å²) in [7, 11) is 4.29. The van der Waals surface area contributed by atoms with Crippen molar-refractivity contribution in [3.8, 4) is 0 Å². The highest BCUT2D eigenvalue weighted by Crippen LogP contribution is 2.21. The van der Waals surface area contributed by atoms with E-state index in [1.807, 2.05) is 0 Å². The van der Waals surface area contributed by atoms with Crippen LogP contribution in [0.3, 0.4) is 0 Å². The molecule has 0 radical (unpaired) electrons. The zero-order valence-electron chi connectivity index (χ0n) is 11.8. The maximum absolute atomic E-state index is 4.37. The Morgan fingerprint density at radius 1 is 1.26 bits per heavy atom. The van der Waals surface area contributed by atoms with E-state index in [1.165, 1.54) is 19.3 Å². The summed E-state index contributed by atoms with van der Waals surface area (Å²) in [5, 5.41) is 12.2. The molecule has 1 unspecified atom stereocenters. The average Bonchev–Trinajstić information content (AvgIpc) is 3.11. The summed E-state index contributed by atoms with van der Waals surface area (Å²) >= 11 is 0. The van der Waals surface area contributed by atoms with Crippen molar-refractivity contribution < 1.29 is 0 Å². The molecule has 5 heteroatoms. The molecule has 0 aromatic carbocycles. The smallest absolute Gasteiger partial charge is 0.151 e. The van der Waals surface area contributed by atoms with Gasteiger partial charge in [-0.2, -0.15) is 5.10 Å². The lowest BCUT2D eigenvalue weighted by atomic mass is 10.2. The van der Waals surface area contributed by atoms with Gasteiger partial charge in [0.2, 0.25) is 0 Å². The summed E-state index contributed by atoms with van der Waals surface area (Å²) in [5.41, 5.74) is 1.04. The molecule has 19 heavy (non-hydrogen) atoms. The third kappa shape index (κ3) is 3.22. The highest BCUT2D eigenvalue weighted by molar-refractivity contribution is 5.39. The van der Waals surface area contributed by atoms with Crippen molar-refractivity contribution in [3.05, 3.63) is 17.8 Å². The van der Waals surface area contributed by atoms with Crippen LogP contribution in [0, 0.1) is 0 Å². The van der Waals surface area contributed by atoms with Crippen LogP contribution < -0.4 is 10.2 Å². The first-order chi connectivity index (χ1) is 9.22. The monoisotopic (exact) mass is 261 g/mol. The Morgan fingerprint density at radius 2 is 2.11 bits per heavy atom. The van der Waals surface area contributed by atoms with E-state index in [1.54, 1.807) is 0 Å². The number of nitrogens with zero attached hydrogens (tertiary/aromatic N) is 4. The number of hydrogen-bond donors (Lipinski definition) is 1. The Bertz CT molecular complexity index is 412. The molecule has 1 aliphatic heterocycles. The number of likely N-dealkylation sites (N-methyl/N-ethyl adjacent to an activating group) is 1. The third-order valence-corrected chi connectivity index (χ3v) is 4.07. The van der Waals surface area contributed by atoms with E-state index in [4.69, 9.17) is 0 Å². The largest absolute Gasteiger partial charge is 0.354 e. The van der Waals surface area contributed by atoms with Crippen LogP contribution >= 0.6 is 0 Å². The minimum Gasteiger partial charge on any atom is -0.354 e. The van der Waals surface area contributed by atoms with Gasteiger partial charge in [-0.25, -0.2) is 0 Å². The predicted molar refractivity (Wildman–Crippen MR) is 76.2 cm³/mol. The molecule has 5 nitrogen and oxygen atoms in total. The Morgan fingerprint density at radius 3 is 2.68 bits per heavy atom. The summed E-state index contributed by atoms with van der Waals surface area (Å²) in [6.45, 7) is 2.98. The molecule has 0 amide bonds. The average molecular weight is 261 g/mol. The summed E-state index contributed by atoms with van der Waals surface area (Å²) in [5.74, 6) is 1.01. The van der Waals surface area contributed by atoms with Gasteiger partial charge in [-0.15, -0.1) is 5.10 Å². The summed E-state index contributed by atoms with van der Waals surface area (Å²) in [6.07, 6.45) is 3.83. The molecule has 3 rings (SSSR count). The second-order valence-electron chi connectivity index (χ2n) is 5.89. The van der Waals surface area contributed by atoms with Crippen molar-refractivity contribution in [1.82, 2.24) is 20.4 Å². The summed E-state index contributed by atoms with van der Waals surface area (Å²) in [4.78, 5) is 4.62. The van der Waals surface area contributed by atoms with Gasteiger partial charge in [0.25, 0.3) is 0 Å². The van der Waals surface area contributed by atoms with Gasteiger partial charge in [0.15, 0.2) is 5.82 Å². The highest BCUT2D eigenvalue weighted by Gasteiger charge is 2.25. The number of hydrogen-bond acceptors (Lipinski definition) is 5. The van der Waals surface area contributed by atoms with Crippen LogP contribution in [0.1, 0.15) is 25.0 Å². The van der Waals surface area contributed by atoms with Gasteiger partial charge in [0.1, 0.15) is 0 Å². The molecule has 0 spiro atoms. The summed E-state index contributed by atoms with van der Waals surface area (Å²) in [6, 6.07) is 5.56. The minimum absolute atomic E-state index is 0.637. The standard InChI is InChI=1S/C14H23N5/c1-18(2)13-7-8-19(10-13)14-6-5-12(16-17-14)9-15-11-3-4-11/h5-6,11,13,15H,3-4,7-10H2,1-2H3. The van der Waals surface area contributed by atoms with Crippen LogP contribution in [0.4, 0.5) is 5.82 Å². The van der Waals surface area contributed by atoms with Gasteiger partial charge >= 0.3 is 0 Å². The van der Waals surface area contributed by atoms with Crippen LogP contribution in [0.15, 0.2) is 12.1 Å². The molecular formula is C14H23N5. The first kappa shape index (κ1) is 12.8. The van der Waals surface area contributed by atoms with E-state index in [-0.39, 0.29) is 0 Å². The van der Waals surface area contributed by atoms with E-state index in [2.05, 4.69) is 51.5 Å². The Balaban J connectivity index is 1.56. The second kappa shape index (κ2) is 5.43. The zero-order chi connectivity index (χ0) is 13.2. The molecule has 1 aliphatic carbocycles. The molecule has 1 saturated heterocycles. The Kier molecular flexibility index (Phi) is 3.66. The van der Waals surface area contributed by atoms with Gasteiger partial charge < -0.3 is 15.1 Å². The molecule has 2 aliphatic rings. The lowest BCUT2D eigenvalue weighted by Crippen LogP contribution is -2.31. The van der Waals surface area contributed by atoms with Gasteiger partial charge in [0, 0.05) is 31.7 Å². The van der Waals surface area contributed by atoms with Crippen molar-refractivity contribution in [1.29, 1.82) is 0 Å². The maximum Gasteiger partial charge on any atom is 0.151 e. The minimum atomic E-state index is 0.637. The topological polar surface area (TPSA) is 44.3 Å². The maximum atomic E-state index is 4.37. The number of aromatic nitrogens is 2. The molecule has 2 fully saturated rings. The Hall–Kier alpha value is -1.20. The van der Waals surface area contributed by atoms with Crippen LogP contribution in [-0.4, -0.2) is 54.4 Å². The molecule has 104 valence electrons. The molecule has 1 N–H and O–H groups in total. The van der Waals surface area contributed by atoms with Crippen molar-refractivity contribution in [2.24, 2.45) is 0 Å². The van der Waals surface area contributed by atoms with Crippen molar-refractivity contribution in [3.63, 3.8) is 0 Å². The number of anilines is 1. The van der Waals surface area contributed by atoms with E-state index >= 15 is 0 Å². The van der Waals surface area contributed by atoms with E-state index in [0.29, 0.717) is 6.04 Å². The third-order valence-electron chi connectivity index (χ3n) is 4.07. The first-order valence-electron chi connectivity index (χ1n) is 7.20. The van der Waals surface area contributed by atoms with Gasteiger partial charge in [-0.3, -0.25) is 0 Å². The lowest BCUT2D eigenvalue weighted by molar-refractivity contribution is 0.315. The van der Waals surface area contributed by atoms with Crippen molar-refractivity contribution >= 4 is 5.82 Å². The van der Waals surface area contributed by atoms with Crippen molar-refractivity contribution in [2.75, 3.05) is 32.1 Å². The molecule has 1 aromatic rings. The molecule has 0 bridgehead atoms. The normalized spacial score (nSPS) is 23.3.